The third kappa shape index (κ3) is 5.53. The van der Waals surface area contributed by atoms with E-state index in [0.29, 0.717) is 0 Å². The first-order chi connectivity index (χ1) is 10.3. The van der Waals surface area contributed by atoms with Gasteiger partial charge in [0.1, 0.15) is 12.1 Å². The van der Waals surface area contributed by atoms with Gasteiger partial charge in [0.15, 0.2) is 0 Å². The Balaban J connectivity index is 2.83. The second-order valence-corrected chi connectivity index (χ2v) is 5.11. The van der Waals surface area contributed by atoms with Gasteiger partial charge < -0.3 is 21.5 Å². The van der Waals surface area contributed by atoms with E-state index < -0.39 is 35.9 Å². The maximum atomic E-state index is 12.2. The Morgan fingerprint density at radius 3 is 2.18 bits per heavy atom. The second-order valence-electron chi connectivity index (χ2n) is 5.11. The van der Waals surface area contributed by atoms with Crippen LogP contribution in [0, 0.1) is 0 Å². The van der Waals surface area contributed by atoms with Crippen LogP contribution in [0.2, 0.25) is 0 Å². The highest BCUT2D eigenvalue weighted by Crippen LogP contribution is 2.04. The van der Waals surface area contributed by atoms with Crippen LogP contribution in [-0.4, -0.2) is 41.0 Å². The van der Waals surface area contributed by atoms with Gasteiger partial charge in [-0.15, -0.1) is 0 Å². The van der Waals surface area contributed by atoms with E-state index in [-0.39, 0.29) is 6.42 Å². The topological polar surface area (TPSA) is 122 Å². The molecule has 0 saturated heterocycles. The lowest BCUT2D eigenvalue weighted by molar-refractivity contribution is -0.141. The molecule has 1 rings (SSSR count). The summed E-state index contributed by atoms with van der Waals surface area (Å²) in [6.07, 6.45) is 0.247. The molecule has 0 radical (unpaired) electrons. The minimum absolute atomic E-state index is 0.247. The van der Waals surface area contributed by atoms with E-state index >= 15 is 0 Å². The summed E-state index contributed by atoms with van der Waals surface area (Å²) >= 11 is 0. The van der Waals surface area contributed by atoms with Gasteiger partial charge in [0, 0.05) is 6.42 Å². The number of hydrogen-bond acceptors (Lipinski definition) is 4. The van der Waals surface area contributed by atoms with Crippen molar-refractivity contribution in [3.05, 3.63) is 35.9 Å². The summed E-state index contributed by atoms with van der Waals surface area (Å²) in [6, 6.07) is 6.42. The van der Waals surface area contributed by atoms with Crippen LogP contribution < -0.4 is 16.4 Å². The maximum Gasteiger partial charge on any atom is 0.325 e. The largest absolute Gasteiger partial charge is 0.480 e. The van der Waals surface area contributed by atoms with Crippen molar-refractivity contribution in [2.24, 2.45) is 5.73 Å². The molecule has 0 aliphatic heterocycles. The summed E-state index contributed by atoms with van der Waals surface area (Å²) in [5.41, 5.74) is 6.33. The van der Waals surface area contributed by atoms with Crippen molar-refractivity contribution in [2.75, 3.05) is 0 Å². The normalized spacial score (nSPS) is 14.5. The number of nitrogens with two attached hydrogens (primary N) is 1. The lowest BCUT2D eigenvalue weighted by Gasteiger charge is -2.21. The summed E-state index contributed by atoms with van der Waals surface area (Å²) in [5.74, 6) is -2.18. The number of amides is 2. The number of aliphatic carboxylic acids is 1. The zero-order chi connectivity index (χ0) is 16.7. The van der Waals surface area contributed by atoms with E-state index in [1.807, 2.05) is 30.3 Å². The van der Waals surface area contributed by atoms with Crippen molar-refractivity contribution in [2.45, 2.75) is 38.4 Å². The number of rotatable bonds is 7. The van der Waals surface area contributed by atoms with Crippen molar-refractivity contribution in [1.29, 1.82) is 0 Å². The summed E-state index contributed by atoms with van der Waals surface area (Å²) in [4.78, 5) is 34.7. The van der Waals surface area contributed by atoms with E-state index in [4.69, 9.17) is 10.8 Å². The van der Waals surface area contributed by atoms with Crippen molar-refractivity contribution >= 4 is 17.8 Å². The van der Waals surface area contributed by atoms with Crippen LogP contribution in [0.3, 0.4) is 0 Å². The molecule has 1 aromatic rings. The fourth-order valence-corrected chi connectivity index (χ4v) is 1.74. The van der Waals surface area contributed by atoms with E-state index in [2.05, 4.69) is 10.6 Å². The zero-order valence-electron chi connectivity index (χ0n) is 12.6. The Hall–Kier alpha value is -2.41. The lowest BCUT2D eigenvalue weighted by atomic mass is 10.0. The molecule has 1 unspecified atom stereocenters. The maximum absolute atomic E-state index is 12.2. The number of benzene rings is 1. The molecular weight excluding hydrogens is 286 g/mol. The highest BCUT2D eigenvalue weighted by Gasteiger charge is 2.25. The number of nitrogens with one attached hydrogen (secondary N) is 2. The molecule has 0 saturated carbocycles. The summed E-state index contributed by atoms with van der Waals surface area (Å²) in [6.45, 7) is 2.86. The van der Waals surface area contributed by atoms with Gasteiger partial charge in [-0.2, -0.15) is 0 Å². The summed E-state index contributed by atoms with van der Waals surface area (Å²) < 4.78 is 0. The van der Waals surface area contributed by atoms with Crippen LogP contribution in [0.5, 0.6) is 0 Å². The van der Waals surface area contributed by atoms with E-state index in [0.717, 1.165) is 5.56 Å². The highest BCUT2D eigenvalue weighted by molar-refractivity contribution is 5.91. The summed E-state index contributed by atoms with van der Waals surface area (Å²) in [7, 11) is 0. The Morgan fingerprint density at radius 1 is 1.09 bits per heavy atom. The molecule has 7 nitrogen and oxygen atoms in total. The first-order valence-corrected chi connectivity index (χ1v) is 6.94. The first-order valence-electron chi connectivity index (χ1n) is 6.94. The van der Waals surface area contributed by atoms with Gasteiger partial charge in [0.05, 0.1) is 6.04 Å². The van der Waals surface area contributed by atoms with Gasteiger partial charge in [-0.05, 0) is 19.4 Å². The number of carbonyl (C=O) groups is 3. The van der Waals surface area contributed by atoms with Crippen LogP contribution in [0.15, 0.2) is 30.3 Å². The molecule has 0 spiro atoms. The van der Waals surface area contributed by atoms with E-state index in [9.17, 15) is 14.4 Å². The SMILES string of the molecule is CC(NC(=O)[C@@H](Cc1ccccc1)NC(=O)[C@H](C)N)C(=O)O. The quantitative estimate of drug-likeness (QED) is 0.548. The molecule has 0 aromatic heterocycles. The van der Waals surface area contributed by atoms with Crippen LogP contribution >= 0.6 is 0 Å². The molecule has 0 aliphatic carbocycles. The second kappa shape index (κ2) is 8.14. The van der Waals surface area contributed by atoms with Gasteiger partial charge in [0.25, 0.3) is 0 Å². The van der Waals surface area contributed by atoms with E-state index in [1.54, 1.807) is 0 Å². The van der Waals surface area contributed by atoms with Crippen molar-refractivity contribution in [3.63, 3.8) is 0 Å². The zero-order valence-corrected chi connectivity index (χ0v) is 12.6. The minimum Gasteiger partial charge on any atom is -0.480 e. The Labute approximate surface area is 128 Å². The van der Waals surface area contributed by atoms with Crippen molar-refractivity contribution < 1.29 is 19.5 Å². The predicted molar refractivity (Wildman–Crippen MR) is 81.0 cm³/mol. The third-order valence-electron chi connectivity index (χ3n) is 3.06. The standard InChI is InChI=1S/C15H21N3O4/c1-9(16)13(19)18-12(8-11-6-4-3-5-7-11)14(20)17-10(2)15(21)22/h3-7,9-10,12H,8,16H2,1-2H3,(H,17,20)(H,18,19)(H,21,22)/t9-,10?,12+/m0/s1. The molecule has 0 fully saturated rings. The number of carboxylic acids is 1. The van der Waals surface area contributed by atoms with Gasteiger partial charge in [0.2, 0.25) is 11.8 Å². The fraction of sp³-hybridized carbons (Fsp3) is 0.400. The molecule has 2 amide bonds. The fourth-order valence-electron chi connectivity index (χ4n) is 1.74. The number of carboxylic acid groups (broad SMARTS) is 1. The van der Waals surface area contributed by atoms with Crippen LogP contribution in [0.1, 0.15) is 19.4 Å². The molecule has 0 aliphatic rings. The Kier molecular flexibility index (Phi) is 6.52. The monoisotopic (exact) mass is 307 g/mol. The predicted octanol–water partition coefficient (Wildman–Crippen LogP) is -0.350. The molecule has 7 heteroatoms. The molecule has 1 aromatic carbocycles. The minimum atomic E-state index is -1.15. The van der Waals surface area contributed by atoms with Crippen molar-refractivity contribution in [3.8, 4) is 0 Å². The van der Waals surface area contributed by atoms with Crippen molar-refractivity contribution in [1.82, 2.24) is 10.6 Å². The number of hydrogen-bond donors (Lipinski definition) is 4. The molecule has 120 valence electrons. The smallest absolute Gasteiger partial charge is 0.325 e. The molecule has 22 heavy (non-hydrogen) atoms. The van der Waals surface area contributed by atoms with Gasteiger partial charge in [-0.25, -0.2) is 0 Å². The Morgan fingerprint density at radius 2 is 1.68 bits per heavy atom. The highest BCUT2D eigenvalue weighted by atomic mass is 16.4. The van der Waals surface area contributed by atoms with E-state index in [1.165, 1.54) is 13.8 Å². The molecular formula is C15H21N3O4. The first kappa shape index (κ1) is 17.6. The summed E-state index contributed by atoms with van der Waals surface area (Å²) in [5, 5.41) is 13.7. The third-order valence-corrected chi connectivity index (χ3v) is 3.06. The van der Waals surface area contributed by atoms with Crippen LogP contribution in [0.25, 0.3) is 0 Å². The van der Waals surface area contributed by atoms with Gasteiger partial charge >= 0.3 is 5.97 Å². The lowest BCUT2D eigenvalue weighted by Crippen LogP contribution is -2.54. The average Bonchev–Trinajstić information content (AvgIpc) is 2.47. The average molecular weight is 307 g/mol. The Bertz CT molecular complexity index is 531. The van der Waals surface area contributed by atoms with Gasteiger partial charge in [-0.1, -0.05) is 30.3 Å². The molecule has 5 N–H and O–H groups in total. The number of carbonyl (C=O) groups excluding carboxylic acids is 2. The molecule has 3 atom stereocenters. The molecule has 0 heterocycles. The van der Waals surface area contributed by atoms with Gasteiger partial charge in [-0.3, -0.25) is 14.4 Å². The van der Waals surface area contributed by atoms with Crippen LogP contribution in [-0.2, 0) is 20.8 Å². The van der Waals surface area contributed by atoms with Crippen LogP contribution in [0.4, 0.5) is 0 Å². The molecule has 0 bridgehead atoms.